The number of nitrogens with zero attached hydrogens (tertiary/aromatic N) is 4. The highest BCUT2D eigenvalue weighted by atomic mass is 35.5. The van der Waals surface area contributed by atoms with Gasteiger partial charge in [0.15, 0.2) is 11.6 Å². The summed E-state index contributed by atoms with van der Waals surface area (Å²) in [5.74, 6) is -3.43. The van der Waals surface area contributed by atoms with Gasteiger partial charge in [0.25, 0.3) is 23.6 Å². The number of carbonyl (C=O) groups is 6. The number of hydrogen-bond donors (Lipinski definition) is 4. The van der Waals surface area contributed by atoms with Gasteiger partial charge < -0.3 is 30.7 Å². The zero-order valence-corrected chi connectivity index (χ0v) is 41.8. The van der Waals surface area contributed by atoms with E-state index in [0.29, 0.717) is 28.4 Å². The van der Waals surface area contributed by atoms with E-state index in [1.54, 1.807) is 57.2 Å². The zero-order valence-electron chi connectivity index (χ0n) is 38.0. The first-order valence-electron chi connectivity index (χ1n) is 20.8. The molecule has 0 aromatic heterocycles. The molecule has 0 spiro atoms. The largest absolute Gasteiger partial charge is 0.495 e. The molecular weight excluding hydrogens is 994 g/mol. The van der Waals surface area contributed by atoms with E-state index in [9.17, 15) is 28.8 Å². The van der Waals surface area contributed by atoms with Gasteiger partial charge in [-0.15, -0.1) is 34.8 Å². The lowest BCUT2D eigenvalue weighted by atomic mass is 10.1. The molecule has 0 saturated heterocycles. The summed E-state index contributed by atoms with van der Waals surface area (Å²) in [6.07, 6.45) is 0. The second-order valence-corrected chi connectivity index (χ2v) is 18.0. The van der Waals surface area contributed by atoms with Crippen molar-refractivity contribution < 1.29 is 38.2 Å². The third-order valence-electron chi connectivity index (χ3n) is 10.1. The lowest BCUT2D eigenvalue weighted by Crippen LogP contribution is -2.32. The highest BCUT2D eigenvalue weighted by molar-refractivity contribution is 6.35. The summed E-state index contributed by atoms with van der Waals surface area (Å²) in [6, 6.07) is 19.7. The molecule has 0 saturated carbocycles. The quantitative estimate of drug-likeness (QED) is 0.0353. The lowest BCUT2D eigenvalue weighted by molar-refractivity contribution is -0.127. The summed E-state index contributed by atoms with van der Waals surface area (Å²) in [7, 11) is 2.91. The van der Waals surface area contributed by atoms with Crippen molar-refractivity contribution in [2.45, 2.75) is 62.8 Å². The van der Waals surface area contributed by atoms with Crippen LogP contribution in [0.5, 0.6) is 11.5 Å². The van der Waals surface area contributed by atoms with Crippen LogP contribution in [0.2, 0.25) is 10.0 Å². The van der Waals surface area contributed by atoms with Crippen molar-refractivity contribution in [2.24, 2.45) is 20.5 Å². The van der Waals surface area contributed by atoms with Crippen LogP contribution in [0.25, 0.3) is 0 Å². The molecule has 5 rings (SSSR count). The molecule has 5 aromatic carbocycles. The van der Waals surface area contributed by atoms with E-state index in [1.165, 1.54) is 68.8 Å². The van der Waals surface area contributed by atoms with Gasteiger partial charge in [0.1, 0.15) is 11.5 Å². The van der Waals surface area contributed by atoms with Crippen LogP contribution in [0.3, 0.4) is 0 Å². The molecule has 5 unspecified atom stereocenters. The van der Waals surface area contributed by atoms with E-state index in [1.807, 2.05) is 0 Å². The number of halogens is 5. The minimum absolute atomic E-state index is 0.0219. The number of ether oxygens (including phenoxy) is 2. The summed E-state index contributed by atoms with van der Waals surface area (Å²) in [5.41, 5.74) is 3.14. The Balaban J connectivity index is 1.29. The predicted octanol–water partition coefficient (Wildman–Crippen LogP) is 12.8. The van der Waals surface area contributed by atoms with Gasteiger partial charge in [0, 0.05) is 11.4 Å². The Morgan fingerprint density at radius 3 is 1.33 bits per heavy atom. The minimum atomic E-state index is -1.63. The van der Waals surface area contributed by atoms with Crippen LogP contribution in [-0.2, 0) is 19.2 Å². The van der Waals surface area contributed by atoms with Crippen molar-refractivity contribution in [1.82, 2.24) is 0 Å². The monoisotopic (exact) mass is 1040 g/mol. The molecule has 0 aliphatic carbocycles. The molecule has 0 radical (unpaired) electrons. The van der Waals surface area contributed by atoms with Crippen molar-refractivity contribution in [3.8, 4) is 11.5 Å². The number of benzene rings is 5. The Hall–Kier alpha value is -6.43. The maximum atomic E-state index is 13.5. The molecule has 0 fully saturated rings. The number of amides is 4. The Morgan fingerprint density at radius 1 is 0.507 bits per heavy atom. The van der Waals surface area contributed by atoms with E-state index in [-0.39, 0.29) is 54.7 Å². The van der Waals surface area contributed by atoms with E-state index in [4.69, 9.17) is 67.5 Å². The molecule has 5 aromatic rings. The second-order valence-electron chi connectivity index (χ2n) is 15.2. The Labute approximate surface area is 422 Å². The van der Waals surface area contributed by atoms with E-state index >= 15 is 0 Å². The summed E-state index contributed by atoms with van der Waals surface area (Å²) >= 11 is 31.8. The van der Waals surface area contributed by atoms with E-state index in [0.717, 1.165) is 25.0 Å². The fourth-order valence-electron chi connectivity index (χ4n) is 6.40. The van der Waals surface area contributed by atoms with Crippen molar-refractivity contribution in [3.63, 3.8) is 0 Å². The summed E-state index contributed by atoms with van der Waals surface area (Å²) in [4.78, 5) is 79.2. The van der Waals surface area contributed by atoms with Crippen molar-refractivity contribution >= 4 is 127 Å². The molecule has 16 nitrogen and oxygen atoms in total. The number of rotatable bonds is 19. The molecule has 4 N–H and O–H groups in total. The first-order chi connectivity index (χ1) is 32.7. The number of ketones is 2. The standard InChI is InChI=1S/C48H45Cl5N8O8/c1-23(49)28-8-16-41(68-6)39(18-28)56-45(64)34-21-31(10-13-36(34)52)58-60-43(26(4)62)47(66)54-30-12-15-38(33(20-30)25(3)51)55-48(67)44(27(5)63)61-59-32-11-14-37(53)35(22-32)46(65)57-40-19-29(24(2)50)9-17-42(40)69-7/h8-25,43-44H,1-7H3,(H,54,66)(H,55,67)(H,56,64)(H,57,65). The fourth-order valence-corrected chi connectivity index (χ4v) is 7.26. The van der Waals surface area contributed by atoms with Gasteiger partial charge in [0.05, 0.1) is 74.3 Å². The molecule has 0 heterocycles. The van der Waals surface area contributed by atoms with Gasteiger partial charge in [-0.3, -0.25) is 28.8 Å². The van der Waals surface area contributed by atoms with Gasteiger partial charge in [0.2, 0.25) is 12.1 Å². The van der Waals surface area contributed by atoms with Crippen LogP contribution in [0.1, 0.15) is 88.2 Å². The van der Waals surface area contributed by atoms with Gasteiger partial charge in [-0.05, 0) is 130 Å². The Morgan fingerprint density at radius 2 is 0.942 bits per heavy atom. The average Bonchev–Trinajstić information content (AvgIpc) is 3.30. The first-order valence-corrected chi connectivity index (χ1v) is 22.9. The number of hydrogen-bond acceptors (Lipinski definition) is 12. The van der Waals surface area contributed by atoms with E-state index < -0.39 is 52.7 Å². The normalized spacial score (nSPS) is 13.4. The molecular formula is C48H45Cl5N8O8. The lowest BCUT2D eigenvalue weighted by Gasteiger charge is -2.17. The van der Waals surface area contributed by atoms with Gasteiger partial charge in [-0.2, -0.15) is 20.5 Å². The second kappa shape index (κ2) is 24.2. The predicted molar refractivity (Wildman–Crippen MR) is 269 cm³/mol. The number of alkyl halides is 3. The molecule has 360 valence electrons. The van der Waals surface area contributed by atoms with Gasteiger partial charge in [-0.1, -0.05) is 35.3 Å². The summed E-state index contributed by atoms with van der Waals surface area (Å²) in [6.45, 7) is 7.49. The number of methoxy groups -OCH3 is 2. The molecule has 0 aliphatic heterocycles. The third kappa shape index (κ3) is 14.1. The Kier molecular flexibility index (Phi) is 18.8. The summed E-state index contributed by atoms with van der Waals surface area (Å²) in [5, 5.41) is 25.7. The van der Waals surface area contributed by atoms with Crippen LogP contribution in [0.4, 0.5) is 34.1 Å². The van der Waals surface area contributed by atoms with Gasteiger partial charge >= 0.3 is 0 Å². The van der Waals surface area contributed by atoms with Crippen molar-refractivity contribution in [3.05, 3.63) is 129 Å². The van der Waals surface area contributed by atoms with Crippen LogP contribution in [0.15, 0.2) is 111 Å². The SMILES string of the molecule is COc1ccc(C(C)Cl)cc1NC(=O)c1cc(N=NC(C(C)=O)C(=O)Nc2ccc(NC(=O)C(N=Nc3ccc(Cl)c(C(=O)Nc4cc(C(C)Cl)ccc4OC)c3)C(C)=O)c(C(C)Cl)c2)ccc1Cl. The number of azo groups is 2. The molecule has 21 heteroatoms. The molecule has 69 heavy (non-hydrogen) atoms. The number of nitrogens with one attached hydrogen (secondary N) is 4. The van der Waals surface area contributed by atoms with E-state index in [2.05, 4.69) is 41.7 Å². The first kappa shape index (κ1) is 53.5. The fraction of sp³-hybridized carbons (Fsp3) is 0.250. The number of carbonyl (C=O) groups excluding carboxylic acids is 6. The third-order valence-corrected chi connectivity index (χ3v) is 11.5. The topological polar surface area (TPSA) is 218 Å². The minimum Gasteiger partial charge on any atom is -0.495 e. The Bertz CT molecular complexity index is 2860. The maximum absolute atomic E-state index is 13.5. The van der Waals surface area contributed by atoms with Crippen molar-refractivity contribution in [1.29, 1.82) is 0 Å². The van der Waals surface area contributed by atoms with Crippen LogP contribution in [0, 0.1) is 0 Å². The molecule has 0 bridgehead atoms. The number of Topliss-reactive ketones (excluding diaryl/α,β-unsaturated/α-hetero) is 2. The van der Waals surface area contributed by atoms with Crippen LogP contribution in [-0.4, -0.2) is 61.5 Å². The smallest absolute Gasteiger partial charge is 0.258 e. The zero-order chi connectivity index (χ0) is 50.7. The molecule has 0 aliphatic rings. The molecule has 5 atom stereocenters. The highest BCUT2D eigenvalue weighted by Crippen LogP contribution is 2.35. The van der Waals surface area contributed by atoms with Gasteiger partial charge in [-0.25, -0.2) is 0 Å². The highest BCUT2D eigenvalue weighted by Gasteiger charge is 2.27. The van der Waals surface area contributed by atoms with Crippen LogP contribution >= 0.6 is 58.0 Å². The summed E-state index contributed by atoms with van der Waals surface area (Å²) < 4.78 is 10.8. The van der Waals surface area contributed by atoms with Crippen LogP contribution < -0.4 is 30.7 Å². The number of anilines is 4. The maximum Gasteiger partial charge on any atom is 0.258 e. The average molecular weight is 1040 g/mol. The van der Waals surface area contributed by atoms with Crippen molar-refractivity contribution in [2.75, 3.05) is 35.5 Å². The molecule has 4 amide bonds.